The Labute approximate surface area is 279 Å². The van der Waals surface area contributed by atoms with Gasteiger partial charge in [0.05, 0.1) is 9.79 Å². The number of carbonyl (C=O) groups is 1. The van der Waals surface area contributed by atoms with Gasteiger partial charge in [-0.15, -0.1) is 0 Å². The summed E-state index contributed by atoms with van der Waals surface area (Å²) < 4.78 is 32.0. The summed E-state index contributed by atoms with van der Waals surface area (Å²) in [6.07, 6.45) is 8.06. The third-order valence-electron chi connectivity index (χ3n) is 11.3. The average molecular weight is 658 g/mol. The zero-order valence-corrected chi connectivity index (χ0v) is 28.4. The molecule has 4 heterocycles. The fraction of sp³-hybridized carbons (Fsp3) is 0.514. The highest BCUT2D eigenvalue weighted by Crippen LogP contribution is 2.54. The first-order chi connectivity index (χ1) is 22.8. The molecule has 1 amide bonds. The van der Waals surface area contributed by atoms with Crippen LogP contribution in [-0.4, -0.2) is 88.8 Å². The van der Waals surface area contributed by atoms with Gasteiger partial charge in [-0.25, -0.2) is 13.2 Å². The molecule has 4 aliphatic rings. The molecule has 3 atom stereocenters. The van der Waals surface area contributed by atoms with Crippen molar-refractivity contribution in [3.05, 3.63) is 84.2 Å². The van der Waals surface area contributed by atoms with Gasteiger partial charge in [0.2, 0.25) is 9.84 Å². The van der Waals surface area contributed by atoms with E-state index >= 15 is 0 Å². The van der Waals surface area contributed by atoms with E-state index < -0.39 is 9.84 Å². The van der Waals surface area contributed by atoms with Gasteiger partial charge in [0.15, 0.2) is 0 Å². The number of pyridine rings is 1. The average Bonchev–Trinajstić information content (AvgIpc) is 3.55. The Kier molecular flexibility index (Phi) is 9.02. The molecule has 1 saturated carbocycles. The van der Waals surface area contributed by atoms with Crippen molar-refractivity contribution in [3.8, 4) is 0 Å². The molecule has 47 heavy (non-hydrogen) atoms. The lowest BCUT2D eigenvalue weighted by Gasteiger charge is -2.54. The minimum absolute atomic E-state index is 0.0326. The van der Waals surface area contributed by atoms with Gasteiger partial charge in [0, 0.05) is 75.1 Å². The normalized spacial score (nSPS) is 26.0. The Bertz CT molecular complexity index is 1660. The van der Waals surface area contributed by atoms with Crippen LogP contribution in [0.4, 0.5) is 10.5 Å². The van der Waals surface area contributed by atoms with Crippen LogP contribution in [0.3, 0.4) is 0 Å². The molecule has 1 aromatic heterocycles. The zero-order valence-electron chi connectivity index (χ0n) is 27.6. The Morgan fingerprint density at radius 3 is 2.38 bits per heavy atom. The van der Waals surface area contributed by atoms with Crippen LogP contribution in [0.2, 0.25) is 0 Å². The first-order valence-electron chi connectivity index (χ1n) is 17.2. The number of nitrogens with zero attached hydrogens (tertiary/aromatic N) is 4. The molecule has 10 heteroatoms. The second-order valence-corrected chi connectivity index (χ2v) is 16.1. The summed E-state index contributed by atoms with van der Waals surface area (Å²) in [6, 6.07) is 19.4. The monoisotopic (exact) mass is 657 g/mol. The Morgan fingerprint density at radius 1 is 0.957 bits per heavy atom. The maximum atomic E-state index is 13.0. The summed E-state index contributed by atoms with van der Waals surface area (Å²) in [5.41, 5.74) is 3.95. The molecule has 3 aliphatic heterocycles. The van der Waals surface area contributed by atoms with E-state index in [0.29, 0.717) is 22.6 Å². The van der Waals surface area contributed by atoms with E-state index in [1.54, 1.807) is 19.2 Å². The Balaban J connectivity index is 0.996. The minimum atomic E-state index is -3.54. The molecule has 3 aromatic rings. The standard InChI is InChI=1S/C37H47N5O4S/c1-38-36(43)46-35-9-5-8-34(35)37(26-40(2)25-28-6-3-4-7-33(28)37)29-16-20-41(21-17-29)22-27-23-42(24-27)30-10-12-31(13-11-30)47(44,45)32-14-18-39-19-15-32/h3-4,6-7,10-15,18-19,27,29,34-35H,5,8-9,16-17,20-26H2,1-2H3,(H,38,43)/t34-,35-,37-/m0/s1. The van der Waals surface area contributed by atoms with Gasteiger partial charge in [-0.3, -0.25) is 4.98 Å². The van der Waals surface area contributed by atoms with Crippen molar-refractivity contribution in [3.63, 3.8) is 0 Å². The highest BCUT2D eigenvalue weighted by atomic mass is 32.2. The van der Waals surface area contributed by atoms with Crippen LogP contribution in [0.1, 0.15) is 43.2 Å². The van der Waals surface area contributed by atoms with E-state index in [1.165, 1.54) is 35.7 Å². The van der Waals surface area contributed by atoms with Crippen molar-refractivity contribution in [1.82, 2.24) is 20.1 Å². The van der Waals surface area contributed by atoms with E-state index in [1.807, 2.05) is 12.1 Å². The molecule has 2 saturated heterocycles. The van der Waals surface area contributed by atoms with Crippen molar-refractivity contribution >= 4 is 21.6 Å². The summed E-state index contributed by atoms with van der Waals surface area (Å²) in [5.74, 6) is 1.44. The van der Waals surface area contributed by atoms with E-state index in [4.69, 9.17) is 4.74 Å². The van der Waals surface area contributed by atoms with Crippen LogP contribution < -0.4 is 10.2 Å². The number of hydrogen-bond acceptors (Lipinski definition) is 8. The zero-order chi connectivity index (χ0) is 32.6. The highest BCUT2D eigenvalue weighted by Gasteiger charge is 2.55. The number of hydrogen-bond donors (Lipinski definition) is 1. The maximum Gasteiger partial charge on any atom is 0.407 e. The van der Waals surface area contributed by atoms with E-state index in [2.05, 4.69) is 56.3 Å². The largest absolute Gasteiger partial charge is 0.446 e. The number of fused-ring (bicyclic) bond motifs is 1. The molecule has 1 aliphatic carbocycles. The van der Waals surface area contributed by atoms with Crippen LogP contribution >= 0.6 is 0 Å². The third kappa shape index (κ3) is 6.16. The number of likely N-dealkylation sites (N-methyl/N-ethyl adjacent to an activating group) is 1. The molecule has 1 N–H and O–H groups in total. The number of amides is 1. The molecule has 2 aromatic carbocycles. The molecule has 0 spiro atoms. The first kappa shape index (κ1) is 32.1. The molecule has 7 rings (SSSR count). The van der Waals surface area contributed by atoms with Gasteiger partial charge in [0.25, 0.3) is 0 Å². The fourth-order valence-corrected chi connectivity index (χ4v) is 10.4. The Morgan fingerprint density at radius 2 is 1.66 bits per heavy atom. The maximum absolute atomic E-state index is 13.0. The summed E-state index contributed by atoms with van der Waals surface area (Å²) in [4.78, 5) is 24.4. The Hall–Kier alpha value is -3.47. The van der Waals surface area contributed by atoms with Gasteiger partial charge >= 0.3 is 6.09 Å². The van der Waals surface area contributed by atoms with Crippen LogP contribution in [-0.2, 0) is 26.5 Å². The van der Waals surface area contributed by atoms with Crippen LogP contribution in [0.5, 0.6) is 0 Å². The topological polar surface area (TPSA) is 95.1 Å². The lowest BCUT2D eigenvalue weighted by molar-refractivity contribution is -0.0106. The van der Waals surface area contributed by atoms with Crippen molar-refractivity contribution in [1.29, 1.82) is 0 Å². The third-order valence-corrected chi connectivity index (χ3v) is 13.1. The molecule has 250 valence electrons. The van der Waals surface area contributed by atoms with Crippen LogP contribution in [0, 0.1) is 17.8 Å². The molecule has 0 bridgehead atoms. The van der Waals surface area contributed by atoms with E-state index in [0.717, 1.165) is 83.6 Å². The number of ether oxygens (including phenoxy) is 1. The van der Waals surface area contributed by atoms with Crippen LogP contribution in [0.15, 0.2) is 82.8 Å². The summed E-state index contributed by atoms with van der Waals surface area (Å²) >= 11 is 0. The van der Waals surface area contributed by atoms with Gasteiger partial charge in [-0.2, -0.15) is 0 Å². The predicted molar refractivity (Wildman–Crippen MR) is 182 cm³/mol. The molecule has 3 fully saturated rings. The number of carbonyl (C=O) groups excluding carboxylic acids is 1. The number of rotatable bonds is 8. The SMILES string of the molecule is CNC(=O)O[C@H]1CCC[C@@H]1[C@]1(C2CCN(CC3CN(c4ccc(S(=O)(=O)c5ccncc5)cc4)C3)CC2)CN(C)Cc2ccccc21. The number of anilines is 1. The van der Waals surface area contributed by atoms with E-state index in [-0.39, 0.29) is 22.5 Å². The van der Waals surface area contributed by atoms with Gasteiger partial charge in [-0.05, 0) is 106 Å². The predicted octanol–water partition coefficient (Wildman–Crippen LogP) is 4.97. The van der Waals surface area contributed by atoms with Gasteiger partial charge in [0.1, 0.15) is 6.10 Å². The fourth-order valence-electron chi connectivity index (χ4n) is 9.19. The van der Waals surface area contributed by atoms with Gasteiger partial charge in [-0.1, -0.05) is 24.3 Å². The first-order valence-corrected chi connectivity index (χ1v) is 18.6. The number of nitrogens with one attached hydrogen (secondary N) is 1. The number of alkyl carbamates (subject to hydrolysis) is 1. The van der Waals surface area contributed by atoms with Crippen molar-refractivity contribution in [2.45, 2.75) is 60.0 Å². The summed E-state index contributed by atoms with van der Waals surface area (Å²) in [6.45, 7) is 7.21. The minimum Gasteiger partial charge on any atom is -0.446 e. The van der Waals surface area contributed by atoms with Gasteiger partial charge < -0.3 is 24.8 Å². The molecular formula is C37H47N5O4S. The number of sulfone groups is 1. The highest BCUT2D eigenvalue weighted by molar-refractivity contribution is 7.91. The quantitative estimate of drug-likeness (QED) is 0.363. The lowest BCUT2D eigenvalue weighted by atomic mass is 9.56. The number of likely N-dealkylation sites (tertiary alicyclic amines) is 1. The number of benzene rings is 2. The molecule has 9 nitrogen and oxygen atoms in total. The van der Waals surface area contributed by atoms with Crippen molar-refractivity contribution in [2.24, 2.45) is 17.8 Å². The van der Waals surface area contributed by atoms with Crippen LogP contribution in [0.25, 0.3) is 0 Å². The number of aromatic nitrogens is 1. The molecular weight excluding hydrogens is 611 g/mol. The lowest BCUT2D eigenvalue weighted by Crippen LogP contribution is -2.58. The number of piperidine rings is 1. The second-order valence-electron chi connectivity index (χ2n) is 14.1. The molecule has 0 radical (unpaired) electrons. The summed E-state index contributed by atoms with van der Waals surface area (Å²) in [7, 11) is 0.354. The van der Waals surface area contributed by atoms with E-state index in [9.17, 15) is 13.2 Å². The second kappa shape index (κ2) is 13.2. The van der Waals surface area contributed by atoms with Crippen molar-refractivity contribution in [2.75, 3.05) is 58.3 Å². The van der Waals surface area contributed by atoms with Crippen molar-refractivity contribution < 1.29 is 17.9 Å². The summed E-state index contributed by atoms with van der Waals surface area (Å²) in [5, 5.41) is 2.69. The molecule has 0 unspecified atom stereocenters. The smallest absolute Gasteiger partial charge is 0.407 e.